The Balaban J connectivity index is 1.67. The first kappa shape index (κ1) is 18.1. The molecule has 2 bridgehead atoms. The summed E-state index contributed by atoms with van der Waals surface area (Å²) >= 11 is 0. The van der Waals surface area contributed by atoms with Gasteiger partial charge in [0.15, 0.2) is 0 Å². The van der Waals surface area contributed by atoms with E-state index in [1.54, 1.807) is 0 Å². The fraction of sp³-hybridized carbons (Fsp3) is 0.944. The molecular weight excluding hydrogens is 305 g/mol. The highest BCUT2D eigenvalue weighted by atomic mass is 16.7. The summed E-state index contributed by atoms with van der Waals surface area (Å²) in [7, 11) is -0.168. The van der Waals surface area contributed by atoms with Gasteiger partial charge in [-0.3, -0.25) is 0 Å². The van der Waals surface area contributed by atoms with Crippen LogP contribution in [0, 0.1) is 0 Å². The van der Waals surface area contributed by atoms with E-state index < -0.39 is 5.60 Å². The first-order valence-corrected chi connectivity index (χ1v) is 9.26. The van der Waals surface area contributed by atoms with Crippen molar-refractivity contribution in [1.29, 1.82) is 0 Å². The van der Waals surface area contributed by atoms with Crippen LogP contribution in [-0.4, -0.2) is 47.0 Å². The number of ether oxygens (including phenoxy) is 1. The SMILES string of the molecule is CC(C)(C)OC(=O)N1[C@@H]2CC[C@H]1CC(B1OC(C)(C)C(C)(C)O1)C2. The molecule has 0 aromatic heterocycles. The average molecular weight is 337 g/mol. The van der Waals surface area contributed by atoms with E-state index in [4.69, 9.17) is 14.0 Å². The molecule has 24 heavy (non-hydrogen) atoms. The quantitative estimate of drug-likeness (QED) is 0.678. The number of carbonyl (C=O) groups is 1. The van der Waals surface area contributed by atoms with Gasteiger partial charge in [-0.1, -0.05) is 0 Å². The second kappa shape index (κ2) is 5.63. The Hall–Kier alpha value is -0.745. The maximum atomic E-state index is 12.5. The molecule has 1 unspecified atom stereocenters. The van der Waals surface area contributed by atoms with Gasteiger partial charge in [0.05, 0.1) is 11.2 Å². The zero-order valence-corrected chi connectivity index (χ0v) is 16.2. The van der Waals surface area contributed by atoms with Crippen molar-refractivity contribution in [3.8, 4) is 0 Å². The number of amides is 1. The Morgan fingerprint density at radius 3 is 1.92 bits per heavy atom. The van der Waals surface area contributed by atoms with Crippen molar-refractivity contribution in [3.05, 3.63) is 0 Å². The van der Waals surface area contributed by atoms with Crippen molar-refractivity contribution in [2.24, 2.45) is 0 Å². The number of nitrogens with zero attached hydrogens (tertiary/aromatic N) is 1. The molecule has 3 atom stereocenters. The monoisotopic (exact) mass is 337 g/mol. The van der Waals surface area contributed by atoms with E-state index in [0.717, 1.165) is 25.7 Å². The first-order chi connectivity index (χ1) is 10.9. The Kier molecular flexibility index (Phi) is 4.24. The lowest BCUT2D eigenvalue weighted by molar-refractivity contribution is 0.00578. The van der Waals surface area contributed by atoms with E-state index in [1.807, 2.05) is 25.7 Å². The Bertz CT molecular complexity index is 484. The van der Waals surface area contributed by atoms with Crippen molar-refractivity contribution in [2.75, 3.05) is 0 Å². The van der Waals surface area contributed by atoms with Crippen LogP contribution in [0.5, 0.6) is 0 Å². The second-order valence-corrected chi connectivity index (χ2v) is 9.63. The second-order valence-electron chi connectivity index (χ2n) is 9.63. The highest BCUT2D eigenvalue weighted by Crippen LogP contribution is 2.48. The summed E-state index contributed by atoms with van der Waals surface area (Å²) < 4.78 is 18.1. The predicted octanol–water partition coefficient (Wildman–Crippen LogP) is 4.01. The maximum absolute atomic E-state index is 12.5. The molecule has 0 aromatic carbocycles. The van der Waals surface area contributed by atoms with Crippen LogP contribution in [0.2, 0.25) is 5.82 Å². The smallest absolute Gasteiger partial charge is 0.444 e. The summed E-state index contributed by atoms with van der Waals surface area (Å²) in [5.41, 5.74) is -1.03. The van der Waals surface area contributed by atoms with Crippen LogP contribution in [0.25, 0.3) is 0 Å². The number of piperidine rings is 1. The van der Waals surface area contributed by atoms with Crippen molar-refractivity contribution in [1.82, 2.24) is 4.90 Å². The lowest BCUT2D eigenvalue weighted by atomic mass is 9.65. The molecule has 3 heterocycles. The summed E-state index contributed by atoms with van der Waals surface area (Å²) in [5.74, 6) is 0.349. The molecule has 3 rings (SSSR count). The average Bonchev–Trinajstić information content (AvgIpc) is 2.78. The van der Waals surface area contributed by atoms with Gasteiger partial charge in [-0.2, -0.15) is 0 Å². The van der Waals surface area contributed by atoms with E-state index in [1.165, 1.54) is 0 Å². The minimum atomic E-state index is -0.445. The lowest BCUT2D eigenvalue weighted by Crippen LogP contribution is -2.49. The zero-order valence-electron chi connectivity index (χ0n) is 16.2. The molecule has 136 valence electrons. The van der Waals surface area contributed by atoms with Gasteiger partial charge in [-0.15, -0.1) is 0 Å². The fourth-order valence-corrected chi connectivity index (χ4v) is 4.14. The summed E-state index contributed by atoms with van der Waals surface area (Å²) in [6.07, 6.45) is 3.82. The van der Waals surface area contributed by atoms with E-state index in [-0.39, 0.29) is 36.5 Å². The molecule has 3 aliphatic rings. The van der Waals surface area contributed by atoms with Gasteiger partial charge in [0, 0.05) is 12.1 Å². The normalized spacial score (nSPS) is 34.5. The van der Waals surface area contributed by atoms with Crippen LogP contribution in [-0.2, 0) is 14.0 Å². The summed E-state index contributed by atoms with van der Waals surface area (Å²) in [4.78, 5) is 14.5. The van der Waals surface area contributed by atoms with Gasteiger partial charge in [-0.05, 0) is 80.0 Å². The van der Waals surface area contributed by atoms with Crippen LogP contribution in [0.4, 0.5) is 4.79 Å². The molecule has 0 aliphatic carbocycles. The first-order valence-electron chi connectivity index (χ1n) is 9.26. The number of hydrogen-bond donors (Lipinski definition) is 0. The maximum Gasteiger partial charge on any atom is 0.461 e. The van der Waals surface area contributed by atoms with Crippen molar-refractivity contribution < 1.29 is 18.8 Å². The third kappa shape index (κ3) is 3.19. The molecule has 6 heteroatoms. The Morgan fingerprint density at radius 1 is 1.04 bits per heavy atom. The van der Waals surface area contributed by atoms with Crippen LogP contribution in [0.15, 0.2) is 0 Å². The molecule has 3 saturated heterocycles. The number of carbonyl (C=O) groups excluding carboxylic acids is 1. The van der Waals surface area contributed by atoms with E-state index >= 15 is 0 Å². The zero-order chi connectivity index (χ0) is 17.9. The molecular formula is C18H32BNO4. The molecule has 0 N–H and O–H groups in total. The fourth-order valence-electron chi connectivity index (χ4n) is 4.14. The van der Waals surface area contributed by atoms with E-state index in [9.17, 15) is 4.79 Å². The molecule has 5 nitrogen and oxygen atoms in total. The predicted molar refractivity (Wildman–Crippen MR) is 93.9 cm³/mol. The van der Waals surface area contributed by atoms with Gasteiger partial charge in [-0.25, -0.2) is 4.79 Å². The van der Waals surface area contributed by atoms with Gasteiger partial charge in [0.1, 0.15) is 5.60 Å². The molecule has 3 aliphatic heterocycles. The molecule has 0 spiro atoms. The Morgan fingerprint density at radius 2 is 1.50 bits per heavy atom. The molecule has 0 aromatic rings. The standard InChI is InChI=1S/C18H32BNO4/c1-16(2,3)22-15(21)20-13-8-9-14(20)11-12(10-13)19-23-17(4,5)18(6,7)24-19/h12-14H,8-11H2,1-7H3/t12?,13-,14+. The van der Waals surface area contributed by atoms with Crippen molar-refractivity contribution >= 4 is 13.2 Å². The number of rotatable bonds is 1. The van der Waals surface area contributed by atoms with E-state index in [0.29, 0.717) is 5.82 Å². The summed E-state index contributed by atoms with van der Waals surface area (Å²) in [5, 5.41) is 0. The lowest BCUT2D eigenvalue weighted by Gasteiger charge is -2.39. The van der Waals surface area contributed by atoms with Crippen LogP contribution in [0.1, 0.15) is 74.1 Å². The van der Waals surface area contributed by atoms with E-state index in [2.05, 4.69) is 27.7 Å². The van der Waals surface area contributed by atoms with Gasteiger partial charge in [0.2, 0.25) is 0 Å². The van der Waals surface area contributed by atoms with Gasteiger partial charge in [0.25, 0.3) is 0 Å². The van der Waals surface area contributed by atoms with Crippen molar-refractivity contribution in [2.45, 2.75) is 109 Å². The third-order valence-corrected chi connectivity index (χ3v) is 6.03. The minimum Gasteiger partial charge on any atom is -0.444 e. The molecule has 1 amide bonds. The van der Waals surface area contributed by atoms with Crippen molar-refractivity contribution in [3.63, 3.8) is 0 Å². The van der Waals surface area contributed by atoms with Gasteiger partial charge >= 0.3 is 13.2 Å². The molecule has 3 fully saturated rings. The number of hydrogen-bond acceptors (Lipinski definition) is 4. The van der Waals surface area contributed by atoms with Crippen LogP contribution < -0.4 is 0 Å². The van der Waals surface area contributed by atoms with Crippen LogP contribution in [0.3, 0.4) is 0 Å². The number of fused-ring (bicyclic) bond motifs is 2. The topological polar surface area (TPSA) is 48.0 Å². The highest BCUT2D eigenvalue weighted by molar-refractivity contribution is 6.47. The van der Waals surface area contributed by atoms with Crippen LogP contribution >= 0.6 is 0 Å². The van der Waals surface area contributed by atoms with Gasteiger partial charge < -0.3 is 18.9 Å². The molecule has 0 saturated carbocycles. The third-order valence-electron chi connectivity index (χ3n) is 6.03. The summed E-state index contributed by atoms with van der Waals surface area (Å²) in [6, 6.07) is 0.505. The summed E-state index contributed by atoms with van der Waals surface area (Å²) in [6.45, 7) is 14.1. The largest absolute Gasteiger partial charge is 0.461 e. The Labute approximate surface area is 146 Å². The highest BCUT2D eigenvalue weighted by Gasteiger charge is 2.57. The minimum absolute atomic E-state index is 0.164. The molecule has 0 radical (unpaired) electrons.